The molecular formula is C19H20FN3O2S. The Bertz CT molecular complexity index is 811. The number of thioether (sulfide) groups is 1. The SMILES string of the molecule is O=C(NC1CCSc2c(F)cccc21)c1cccnc1N1CCOCC1. The zero-order valence-electron chi connectivity index (χ0n) is 14.3. The van der Waals surface area contributed by atoms with E-state index in [1.165, 1.54) is 17.8 Å². The molecule has 1 saturated heterocycles. The monoisotopic (exact) mass is 373 g/mol. The predicted molar refractivity (Wildman–Crippen MR) is 99.2 cm³/mol. The molecule has 5 nitrogen and oxygen atoms in total. The Labute approximate surface area is 155 Å². The second-order valence-corrected chi connectivity index (χ2v) is 7.40. The number of hydrogen-bond donors (Lipinski definition) is 1. The standard InChI is InChI=1S/C19H20FN3O2S/c20-15-5-1-3-13-16(6-12-26-17(13)15)22-19(24)14-4-2-7-21-18(14)23-8-10-25-11-9-23/h1-5,7,16H,6,8-12H2,(H,22,24). The Morgan fingerprint density at radius 2 is 2.12 bits per heavy atom. The van der Waals surface area contributed by atoms with E-state index in [1.807, 2.05) is 6.07 Å². The van der Waals surface area contributed by atoms with Crippen LogP contribution >= 0.6 is 11.8 Å². The number of pyridine rings is 1. The van der Waals surface area contributed by atoms with Gasteiger partial charge >= 0.3 is 0 Å². The lowest BCUT2D eigenvalue weighted by Gasteiger charge is -2.30. The first-order valence-corrected chi connectivity index (χ1v) is 9.72. The van der Waals surface area contributed by atoms with Gasteiger partial charge < -0.3 is 15.0 Å². The molecule has 1 atom stereocenters. The summed E-state index contributed by atoms with van der Waals surface area (Å²) in [4.78, 5) is 20.1. The maximum atomic E-state index is 14.0. The number of fused-ring (bicyclic) bond motifs is 1. The van der Waals surface area contributed by atoms with Crippen molar-refractivity contribution in [3.05, 3.63) is 53.5 Å². The number of nitrogens with zero attached hydrogens (tertiary/aromatic N) is 2. The number of carbonyl (C=O) groups excluding carboxylic acids is 1. The third-order valence-corrected chi connectivity index (χ3v) is 5.83. The average molecular weight is 373 g/mol. The van der Waals surface area contributed by atoms with Crippen LogP contribution < -0.4 is 10.2 Å². The Morgan fingerprint density at radius 1 is 1.27 bits per heavy atom. The molecule has 1 unspecified atom stereocenters. The highest BCUT2D eigenvalue weighted by molar-refractivity contribution is 7.99. The molecule has 2 aromatic rings. The Morgan fingerprint density at radius 3 is 2.96 bits per heavy atom. The van der Waals surface area contributed by atoms with Gasteiger partial charge in [-0.25, -0.2) is 9.37 Å². The Hall–Kier alpha value is -2.12. The quantitative estimate of drug-likeness (QED) is 0.896. The van der Waals surface area contributed by atoms with Crippen molar-refractivity contribution in [1.82, 2.24) is 10.3 Å². The van der Waals surface area contributed by atoms with Crippen LogP contribution in [0.5, 0.6) is 0 Å². The summed E-state index contributed by atoms with van der Waals surface area (Å²) in [6.45, 7) is 2.69. The molecule has 0 spiro atoms. The van der Waals surface area contributed by atoms with E-state index in [9.17, 15) is 9.18 Å². The van der Waals surface area contributed by atoms with Crippen LogP contribution in [0.15, 0.2) is 41.4 Å². The van der Waals surface area contributed by atoms with Gasteiger partial charge in [0.05, 0.1) is 24.8 Å². The van der Waals surface area contributed by atoms with Crippen LogP contribution in [0, 0.1) is 5.82 Å². The zero-order chi connectivity index (χ0) is 17.9. The summed E-state index contributed by atoms with van der Waals surface area (Å²) in [5.41, 5.74) is 1.40. The van der Waals surface area contributed by atoms with Crippen molar-refractivity contribution >= 4 is 23.5 Å². The number of halogens is 1. The van der Waals surface area contributed by atoms with Gasteiger partial charge in [-0.2, -0.15) is 0 Å². The molecule has 7 heteroatoms. The van der Waals surface area contributed by atoms with Crippen molar-refractivity contribution in [3.63, 3.8) is 0 Å². The second kappa shape index (κ2) is 7.63. The number of anilines is 1. The molecule has 0 bridgehead atoms. The summed E-state index contributed by atoms with van der Waals surface area (Å²) >= 11 is 1.51. The number of aromatic nitrogens is 1. The highest BCUT2D eigenvalue weighted by Gasteiger charge is 2.26. The van der Waals surface area contributed by atoms with Crippen molar-refractivity contribution in [2.75, 3.05) is 37.0 Å². The van der Waals surface area contributed by atoms with Gasteiger partial charge in [-0.3, -0.25) is 4.79 Å². The first kappa shape index (κ1) is 17.3. The van der Waals surface area contributed by atoms with E-state index in [0.29, 0.717) is 42.6 Å². The van der Waals surface area contributed by atoms with E-state index >= 15 is 0 Å². The highest BCUT2D eigenvalue weighted by atomic mass is 32.2. The van der Waals surface area contributed by atoms with E-state index in [2.05, 4.69) is 15.2 Å². The second-order valence-electron chi connectivity index (χ2n) is 6.30. The van der Waals surface area contributed by atoms with Crippen LogP contribution in [0.4, 0.5) is 10.2 Å². The number of nitrogens with one attached hydrogen (secondary N) is 1. The van der Waals surface area contributed by atoms with Crippen LogP contribution in [-0.2, 0) is 4.74 Å². The minimum atomic E-state index is -0.221. The highest BCUT2D eigenvalue weighted by Crippen LogP contribution is 2.38. The van der Waals surface area contributed by atoms with Gasteiger partial charge in [0.2, 0.25) is 0 Å². The number of hydrogen-bond acceptors (Lipinski definition) is 5. The fourth-order valence-electron chi connectivity index (χ4n) is 3.37. The summed E-state index contributed by atoms with van der Waals surface area (Å²) in [5.74, 6) is 1.06. The molecule has 4 rings (SSSR count). The summed E-state index contributed by atoms with van der Waals surface area (Å²) in [5, 5.41) is 3.08. The molecule has 2 aliphatic heterocycles. The summed E-state index contributed by atoms with van der Waals surface area (Å²) in [6, 6.07) is 8.42. The maximum absolute atomic E-state index is 14.0. The molecule has 0 aliphatic carbocycles. The van der Waals surface area contributed by atoms with Crippen molar-refractivity contribution in [1.29, 1.82) is 0 Å². The average Bonchev–Trinajstić information content (AvgIpc) is 2.69. The van der Waals surface area contributed by atoms with Crippen molar-refractivity contribution in [3.8, 4) is 0 Å². The molecular weight excluding hydrogens is 353 g/mol. The molecule has 0 saturated carbocycles. The minimum Gasteiger partial charge on any atom is -0.378 e. The third kappa shape index (κ3) is 3.41. The molecule has 2 aliphatic rings. The van der Waals surface area contributed by atoms with Crippen molar-refractivity contribution < 1.29 is 13.9 Å². The number of ether oxygens (including phenoxy) is 1. The molecule has 26 heavy (non-hydrogen) atoms. The molecule has 0 radical (unpaired) electrons. The lowest BCUT2D eigenvalue weighted by atomic mass is 10.0. The Kier molecular flexibility index (Phi) is 5.08. The lowest BCUT2D eigenvalue weighted by Crippen LogP contribution is -2.39. The minimum absolute atomic E-state index is 0.174. The largest absolute Gasteiger partial charge is 0.378 e. The van der Waals surface area contributed by atoms with E-state index in [4.69, 9.17) is 4.74 Å². The number of amides is 1. The van der Waals surface area contributed by atoms with Gasteiger partial charge in [0.1, 0.15) is 11.6 Å². The van der Waals surface area contributed by atoms with Gasteiger partial charge in [0.25, 0.3) is 5.91 Å². The lowest BCUT2D eigenvalue weighted by molar-refractivity contribution is 0.0933. The van der Waals surface area contributed by atoms with Gasteiger partial charge in [-0.15, -0.1) is 11.8 Å². The third-order valence-electron chi connectivity index (χ3n) is 4.67. The fraction of sp³-hybridized carbons (Fsp3) is 0.368. The first-order chi connectivity index (χ1) is 12.7. The van der Waals surface area contributed by atoms with Crippen LogP contribution in [0.2, 0.25) is 0 Å². The number of morpholine rings is 1. The molecule has 1 N–H and O–H groups in total. The van der Waals surface area contributed by atoms with E-state index in [0.717, 1.165) is 17.7 Å². The topological polar surface area (TPSA) is 54.5 Å². The fourth-order valence-corrected chi connectivity index (χ4v) is 4.51. The molecule has 1 aromatic heterocycles. The van der Waals surface area contributed by atoms with Crippen LogP contribution in [-0.4, -0.2) is 42.9 Å². The maximum Gasteiger partial charge on any atom is 0.255 e. The van der Waals surface area contributed by atoms with Gasteiger partial charge in [0, 0.05) is 29.9 Å². The summed E-state index contributed by atoms with van der Waals surface area (Å²) < 4.78 is 19.4. The van der Waals surface area contributed by atoms with Crippen molar-refractivity contribution in [2.24, 2.45) is 0 Å². The van der Waals surface area contributed by atoms with Gasteiger partial charge in [-0.1, -0.05) is 12.1 Å². The summed E-state index contributed by atoms with van der Waals surface area (Å²) in [6.07, 6.45) is 2.48. The van der Waals surface area contributed by atoms with Gasteiger partial charge in [-0.05, 0) is 30.2 Å². The number of benzene rings is 1. The predicted octanol–water partition coefficient (Wildman–Crippen LogP) is 3.02. The molecule has 1 fully saturated rings. The van der Waals surface area contributed by atoms with Crippen molar-refractivity contribution in [2.45, 2.75) is 17.4 Å². The molecule has 1 amide bonds. The Balaban J connectivity index is 1.58. The normalized spacial score (nSPS) is 19.7. The van der Waals surface area contributed by atoms with Gasteiger partial charge in [0.15, 0.2) is 0 Å². The van der Waals surface area contributed by atoms with E-state index < -0.39 is 0 Å². The number of carbonyl (C=O) groups is 1. The van der Waals surface area contributed by atoms with Crippen LogP contribution in [0.1, 0.15) is 28.4 Å². The summed E-state index contributed by atoms with van der Waals surface area (Å²) in [7, 11) is 0. The first-order valence-electron chi connectivity index (χ1n) is 8.74. The zero-order valence-corrected chi connectivity index (χ0v) is 15.1. The smallest absolute Gasteiger partial charge is 0.255 e. The molecule has 1 aromatic carbocycles. The van der Waals surface area contributed by atoms with E-state index in [-0.39, 0.29) is 17.8 Å². The number of rotatable bonds is 3. The van der Waals surface area contributed by atoms with E-state index in [1.54, 1.807) is 24.4 Å². The molecule has 136 valence electrons. The molecule has 3 heterocycles. The van der Waals surface area contributed by atoms with Crippen LogP contribution in [0.3, 0.4) is 0 Å². The van der Waals surface area contributed by atoms with Crippen LogP contribution in [0.25, 0.3) is 0 Å².